The third-order valence-electron chi connectivity index (χ3n) is 2.53. The molecule has 0 aliphatic carbocycles. The average Bonchev–Trinajstić information content (AvgIpc) is 2.23. The molecule has 15 heavy (non-hydrogen) atoms. The summed E-state index contributed by atoms with van der Waals surface area (Å²) >= 11 is 1.70. The Morgan fingerprint density at radius 3 is 2.33 bits per heavy atom. The van der Waals surface area contributed by atoms with Gasteiger partial charge in [-0.05, 0) is 32.3 Å². The van der Waals surface area contributed by atoms with E-state index in [-0.39, 0.29) is 12.6 Å². The Bertz CT molecular complexity index is 267. The Morgan fingerprint density at radius 2 is 1.93 bits per heavy atom. The lowest BCUT2D eigenvalue weighted by molar-refractivity contribution is 0.286. The van der Waals surface area contributed by atoms with Gasteiger partial charge in [-0.1, -0.05) is 0 Å². The number of thioether (sulfide) groups is 1. The normalized spacial score (nSPS) is 16.7. The number of hydrogen-bond donors (Lipinski definition) is 1. The molecule has 1 N–H and O–H groups in total. The van der Waals surface area contributed by atoms with Crippen LogP contribution < -0.4 is 0 Å². The Hall–Kier alpha value is 0.220. The number of rotatable bonds is 7. The molecule has 4 nitrogen and oxygen atoms in total. The highest BCUT2D eigenvalue weighted by atomic mass is 32.2. The zero-order valence-corrected chi connectivity index (χ0v) is 11.4. The van der Waals surface area contributed by atoms with Crippen LogP contribution in [0.25, 0.3) is 0 Å². The molecule has 0 aliphatic heterocycles. The van der Waals surface area contributed by atoms with Crippen molar-refractivity contribution in [2.75, 3.05) is 25.7 Å². The SMILES string of the molecule is CSCCC(C)N(C)S(=O)(=O)C(C)CO. The van der Waals surface area contributed by atoms with Gasteiger partial charge in [-0.3, -0.25) is 0 Å². The van der Waals surface area contributed by atoms with E-state index >= 15 is 0 Å². The third kappa shape index (κ3) is 4.30. The van der Waals surface area contributed by atoms with E-state index in [0.717, 1.165) is 12.2 Å². The summed E-state index contributed by atoms with van der Waals surface area (Å²) < 4.78 is 25.0. The van der Waals surface area contributed by atoms with E-state index in [9.17, 15) is 8.42 Å². The Kier molecular flexibility index (Phi) is 6.83. The summed E-state index contributed by atoms with van der Waals surface area (Å²) in [5.74, 6) is 0.939. The summed E-state index contributed by atoms with van der Waals surface area (Å²) in [5.41, 5.74) is 0. The molecule has 0 aromatic heterocycles. The van der Waals surface area contributed by atoms with Crippen LogP contribution in [0.4, 0.5) is 0 Å². The smallest absolute Gasteiger partial charge is 0.218 e. The molecule has 0 bridgehead atoms. The second-order valence-electron chi connectivity index (χ2n) is 3.68. The maximum Gasteiger partial charge on any atom is 0.218 e. The molecule has 0 aliphatic rings. The quantitative estimate of drug-likeness (QED) is 0.730. The molecule has 0 heterocycles. The molecular weight excluding hydrogens is 234 g/mol. The number of sulfonamides is 1. The predicted octanol–water partition coefficient (Wildman–Crippen LogP) is 0.770. The lowest BCUT2D eigenvalue weighted by atomic mass is 10.3. The minimum Gasteiger partial charge on any atom is -0.395 e. The maximum absolute atomic E-state index is 11.8. The van der Waals surface area contributed by atoms with Crippen LogP contribution in [0.2, 0.25) is 0 Å². The molecular formula is C9H21NO3S2. The average molecular weight is 255 g/mol. The summed E-state index contributed by atoms with van der Waals surface area (Å²) in [6.07, 6.45) is 2.83. The van der Waals surface area contributed by atoms with Crippen molar-refractivity contribution in [2.24, 2.45) is 0 Å². The molecule has 0 radical (unpaired) electrons. The fourth-order valence-corrected chi connectivity index (χ4v) is 3.04. The standard InChI is InChI=1S/C9H21NO3S2/c1-8(5-6-14-4)10(3)15(12,13)9(2)7-11/h8-9,11H,5-7H2,1-4H3. The van der Waals surface area contributed by atoms with Gasteiger partial charge in [0.25, 0.3) is 0 Å². The number of aliphatic hydroxyl groups is 1. The Morgan fingerprint density at radius 1 is 1.40 bits per heavy atom. The summed E-state index contributed by atoms with van der Waals surface area (Å²) in [7, 11) is -1.77. The molecule has 0 spiro atoms. The second kappa shape index (κ2) is 6.73. The lowest BCUT2D eigenvalue weighted by Crippen LogP contribution is -2.41. The topological polar surface area (TPSA) is 57.6 Å². The van der Waals surface area contributed by atoms with Crippen LogP contribution in [0.3, 0.4) is 0 Å². The first kappa shape index (κ1) is 15.2. The first-order valence-corrected chi connectivity index (χ1v) is 7.84. The van der Waals surface area contributed by atoms with Crippen LogP contribution in [0.5, 0.6) is 0 Å². The third-order valence-corrected chi connectivity index (χ3v) is 5.50. The van der Waals surface area contributed by atoms with Crippen molar-refractivity contribution in [1.29, 1.82) is 0 Å². The molecule has 0 aromatic rings. The summed E-state index contributed by atoms with van der Waals surface area (Å²) in [5, 5.41) is 8.14. The van der Waals surface area contributed by atoms with E-state index in [1.807, 2.05) is 13.2 Å². The van der Waals surface area contributed by atoms with Crippen molar-refractivity contribution >= 4 is 21.8 Å². The number of nitrogens with zero attached hydrogens (tertiary/aromatic N) is 1. The Labute approximate surface area is 97.1 Å². The minimum absolute atomic E-state index is 0.0172. The van der Waals surface area contributed by atoms with Gasteiger partial charge in [-0.2, -0.15) is 11.8 Å². The molecule has 2 atom stereocenters. The van der Waals surface area contributed by atoms with Gasteiger partial charge in [-0.25, -0.2) is 12.7 Å². The van der Waals surface area contributed by atoms with Crippen LogP contribution >= 0.6 is 11.8 Å². The molecule has 0 fully saturated rings. The van der Waals surface area contributed by atoms with Crippen molar-refractivity contribution in [2.45, 2.75) is 31.6 Å². The van der Waals surface area contributed by atoms with Gasteiger partial charge in [0.05, 0.1) is 11.9 Å². The highest BCUT2D eigenvalue weighted by Crippen LogP contribution is 2.14. The zero-order valence-electron chi connectivity index (χ0n) is 9.80. The molecule has 0 rings (SSSR count). The van der Waals surface area contributed by atoms with Crippen molar-refractivity contribution in [1.82, 2.24) is 4.31 Å². The van der Waals surface area contributed by atoms with Crippen LogP contribution in [-0.4, -0.2) is 54.8 Å². The van der Waals surface area contributed by atoms with Crippen molar-refractivity contribution in [3.8, 4) is 0 Å². The minimum atomic E-state index is -3.34. The zero-order chi connectivity index (χ0) is 12.1. The van der Waals surface area contributed by atoms with Crippen molar-refractivity contribution < 1.29 is 13.5 Å². The van der Waals surface area contributed by atoms with Gasteiger partial charge in [-0.15, -0.1) is 0 Å². The maximum atomic E-state index is 11.8. The van der Waals surface area contributed by atoms with Gasteiger partial charge >= 0.3 is 0 Å². The van der Waals surface area contributed by atoms with Gasteiger partial charge in [0.1, 0.15) is 0 Å². The van der Waals surface area contributed by atoms with Gasteiger partial charge in [0.2, 0.25) is 10.0 Å². The van der Waals surface area contributed by atoms with E-state index in [1.165, 1.54) is 11.2 Å². The molecule has 0 saturated carbocycles. The van der Waals surface area contributed by atoms with E-state index in [0.29, 0.717) is 0 Å². The molecule has 0 amide bonds. The van der Waals surface area contributed by atoms with E-state index in [2.05, 4.69) is 0 Å². The fourth-order valence-electron chi connectivity index (χ4n) is 1.10. The molecule has 0 aromatic carbocycles. The lowest BCUT2D eigenvalue weighted by Gasteiger charge is -2.26. The van der Waals surface area contributed by atoms with Crippen molar-refractivity contribution in [3.63, 3.8) is 0 Å². The van der Waals surface area contributed by atoms with Gasteiger partial charge in [0.15, 0.2) is 0 Å². The van der Waals surface area contributed by atoms with Crippen molar-refractivity contribution in [3.05, 3.63) is 0 Å². The number of aliphatic hydroxyl groups excluding tert-OH is 1. The monoisotopic (exact) mass is 255 g/mol. The summed E-state index contributed by atoms with van der Waals surface area (Å²) in [4.78, 5) is 0. The summed E-state index contributed by atoms with van der Waals surface area (Å²) in [6.45, 7) is 3.08. The van der Waals surface area contributed by atoms with Crippen LogP contribution in [0.15, 0.2) is 0 Å². The van der Waals surface area contributed by atoms with E-state index in [1.54, 1.807) is 18.8 Å². The molecule has 0 saturated heterocycles. The number of hydrogen-bond acceptors (Lipinski definition) is 4. The predicted molar refractivity (Wildman–Crippen MR) is 65.7 cm³/mol. The van der Waals surface area contributed by atoms with E-state index < -0.39 is 15.3 Å². The van der Waals surface area contributed by atoms with Crippen LogP contribution in [-0.2, 0) is 10.0 Å². The molecule has 92 valence electrons. The first-order valence-electron chi connectivity index (χ1n) is 4.94. The molecule has 6 heteroatoms. The van der Waals surface area contributed by atoms with E-state index in [4.69, 9.17) is 5.11 Å². The largest absolute Gasteiger partial charge is 0.395 e. The Balaban J connectivity index is 4.48. The molecule has 2 unspecified atom stereocenters. The highest BCUT2D eigenvalue weighted by molar-refractivity contribution is 7.98. The van der Waals surface area contributed by atoms with Gasteiger partial charge in [0, 0.05) is 13.1 Å². The van der Waals surface area contributed by atoms with Gasteiger partial charge < -0.3 is 5.11 Å². The fraction of sp³-hybridized carbons (Fsp3) is 1.00. The first-order chi connectivity index (χ1) is 6.87. The summed E-state index contributed by atoms with van der Waals surface area (Å²) in [6, 6.07) is -0.0172. The second-order valence-corrected chi connectivity index (χ2v) is 7.08. The highest BCUT2D eigenvalue weighted by Gasteiger charge is 2.28. The van der Waals surface area contributed by atoms with Crippen LogP contribution in [0, 0.1) is 0 Å². The van der Waals surface area contributed by atoms with Crippen LogP contribution in [0.1, 0.15) is 20.3 Å².